The molecule has 1 N–H and O–H groups in total. The molecule has 2 aromatic carbocycles. The summed E-state index contributed by atoms with van der Waals surface area (Å²) < 4.78 is 0. The Labute approximate surface area is 110 Å². The zero-order chi connectivity index (χ0) is 11.8. The molecule has 0 amide bonds. The first-order valence-corrected chi connectivity index (χ1v) is 6.32. The minimum absolute atomic E-state index is 0.671. The summed E-state index contributed by atoms with van der Waals surface area (Å²) in [4.78, 5) is 0. The van der Waals surface area contributed by atoms with Crippen molar-refractivity contribution in [3.05, 3.63) is 52.0 Å². The van der Waals surface area contributed by atoms with Gasteiger partial charge >= 0.3 is 0 Å². The van der Waals surface area contributed by atoms with Crippen LogP contribution in [-0.4, -0.2) is 6.54 Å². The minimum atomic E-state index is 0.671. The van der Waals surface area contributed by atoms with Crippen LogP contribution >= 0.6 is 23.2 Å². The number of rotatable bonds is 1. The van der Waals surface area contributed by atoms with Crippen LogP contribution in [-0.2, 0) is 6.42 Å². The van der Waals surface area contributed by atoms with Gasteiger partial charge in [0, 0.05) is 27.8 Å². The summed E-state index contributed by atoms with van der Waals surface area (Å²) in [6, 6.07) is 11.9. The Balaban J connectivity index is 2.19. The summed E-state index contributed by atoms with van der Waals surface area (Å²) in [5, 5.41) is 4.75. The van der Waals surface area contributed by atoms with E-state index in [1.807, 2.05) is 12.1 Å². The van der Waals surface area contributed by atoms with E-state index in [0.717, 1.165) is 18.5 Å². The van der Waals surface area contributed by atoms with E-state index < -0.39 is 0 Å². The zero-order valence-electron chi connectivity index (χ0n) is 9.13. The van der Waals surface area contributed by atoms with E-state index in [1.54, 1.807) is 6.07 Å². The number of anilines is 1. The molecule has 0 fully saturated rings. The highest BCUT2D eigenvalue weighted by atomic mass is 35.5. The van der Waals surface area contributed by atoms with E-state index >= 15 is 0 Å². The Morgan fingerprint density at radius 2 is 1.88 bits per heavy atom. The van der Waals surface area contributed by atoms with Gasteiger partial charge in [0.2, 0.25) is 0 Å². The van der Waals surface area contributed by atoms with Crippen molar-refractivity contribution in [3.63, 3.8) is 0 Å². The molecule has 0 aliphatic carbocycles. The van der Waals surface area contributed by atoms with Gasteiger partial charge in [-0.05, 0) is 35.7 Å². The lowest BCUT2D eigenvalue weighted by Crippen LogP contribution is -1.90. The fraction of sp³-hybridized carbons (Fsp3) is 0.143. The smallest absolute Gasteiger partial charge is 0.0499 e. The first-order chi connectivity index (χ1) is 8.25. The molecular formula is C14H11Cl2N. The van der Waals surface area contributed by atoms with Crippen molar-refractivity contribution >= 4 is 28.9 Å². The summed E-state index contributed by atoms with van der Waals surface area (Å²) in [5.41, 5.74) is 4.82. The van der Waals surface area contributed by atoms with Gasteiger partial charge in [-0.3, -0.25) is 0 Å². The van der Waals surface area contributed by atoms with Crippen molar-refractivity contribution < 1.29 is 0 Å². The number of halogens is 2. The number of hydrogen-bond acceptors (Lipinski definition) is 1. The van der Waals surface area contributed by atoms with Gasteiger partial charge in [-0.2, -0.15) is 0 Å². The van der Waals surface area contributed by atoms with Crippen molar-refractivity contribution in [3.8, 4) is 11.1 Å². The van der Waals surface area contributed by atoms with E-state index in [2.05, 4.69) is 23.5 Å². The first kappa shape index (κ1) is 10.9. The fourth-order valence-electron chi connectivity index (χ4n) is 2.30. The monoisotopic (exact) mass is 263 g/mol. The molecule has 86 valence electrons. The molecule has 3 rings (SSSR count). The predicted octanol–water partition coefficient (Wildman–Crippen LogP) is 4.63. The summed E-state index contributed by atoms with van der Waals surface area (Å²) in [6.45, 7) is 0.998. The van der Waals surface area contributed by atoms with Gasteiger partial charge in [-0.25, -0.2) is 0 Å². The lowest BCUT2D eigenvalue weighted by molar-refractivity contribution is 1.11. The third-order valence-corrected chi connectivity index (χ3v) is 3.64. The van der Waals surface area contributed by atoms with Crippen LogP contribution in [0.1, 0.15) is 5.56 Å². The van der Waals surface area contributed by atoms with E-state index in [1.165, 1.54) is 16.8 Å². The maximum atomic E-state index is 6.26. The second kappa shape index (κ2) is 4.25. The van der Waals surface area contributed by atoms with E-state index in [-0.39, 0.29) is 0 Å². The Morgan fingerprint density at radius 3 is 2.71 bits per heavy atom. The van der Waals surface area contributed by atoms with E-state index in [4.69, 9.17) is 23.2 Å². The van der Waals surface area contributed by atoms with Gasteiger partial charge in [0.05, 0.1) is 0 Å². The van der Waals surface area contributed by atoms with Gasteiger partial charge in [-0.15, -0.1) is 0 Å². The largest absolute Gasteiger partial charge is 0.384 e. The molecule has 1 nitrogen and oxygen atoms in total. The third kappa shape index (κ3) is 1.90. The molecule has 0 unspecified atom stereocenters. The Hall–Kier alpha value is -1.18. The van der Waals surface area contributed by atoms with Crippen LogP contribution in [0.15, 0.2) is 36.4 Å². The molecule has 17 heavy (non-hydrogen) atoms. The van der Waals surface area contributed by atoms with E-state index in [9.17, 15) is 0 Å². The SMILES string of the molecule is Clc1ccc(-c2cccc3c2CCN3)c(Cl)c1. The van der Waals surface area contributed by atoms with Gasteiger partial charge in [0.15, 0.2) is 0 Å². The number of hydrogen-bond donors (Lipinski definition) is 1. The Morgan fingerprint density at radius 1 is 1.00 bits per heavy atom. The number of fused-ring (bicyclic) bond motifs is 1. The van der Waals surface area contributed by atoms with Crippen LogP contribution in [0, 0.1) is 0 Å². The maximum absolute atomic E-state index is 6.26. The quantitative estimate of drug-likeness (QED) is 0.791. The molecule has 3 heteroatoms. The average molecular weight is 264 g/mol. The molecule has 1 aliphatic rings. The highest BCUT2D eigenvalue weighted by Gasteiger charge is 2.16. The van der Waals surface area contributed by atoms with Gasteiger partial charge in [-0.1, -0.05) is 41.4 Å². The molecule has 0 aromatic heterocycles. The Kier molecular flexibility index (Phi) is 2.73. The second-order valence-corrected chi connectivity index (χ2v) is 4.98. The molecule has 0 radical (unpaired) electrons. The highest BCUT2D eigenvalue weighted by molar-refractivity contribution is 6.36. The van der Waals surface area contributed by atoms with Crippen molar-refractivity contribution in [2.24, 2.45) is 0 Å². The first-order valence-electron chi connectivity index (χ1n) is 5.57. The van der Waals surface area contributed by atoms with Crippen LogP contribution in [0.3, 0.4) is 0 Å². The third-order valence-electron chi connectivity index (χ3n) is 3.09. The molecule has 1 aliphatic heterocycles. The second-order valence-electron chi connectivity index (χ2n) is 4.13. The molecule has 0 saturated carbocycles. The number of benzene rings is 2. The number of nitrogens with one attached hydrogen (secondary N) is 1. The Bertz CT molecular complexity index is 578. The molecule has 0 atom stereocenters. The van der Waals surface area contributed by atoms with Crippen LogP contribution in [0.4, 0.5) is 5.69 Å². The standard InChI is InChI=1S/C14H11Cl2N/c15-9-4-5-11(13(16)8-9)10-2-1-3-14-12(10)6-7-17-14/h1-5,8,17H,6-7H2. The molecular weight excluding hydrogens is 253 g/mol. The highest BCUT2D eigenvalue weighted by Crippen LogP contribution is 2.37. The average Bonchev–Trinajstić information content (AvgIpc) is 2.77. The summed E-state index contributed by atoms with van der Waals surface area (Å²) in [5.74, 6) is 0. The summed E-state index contributed by atoms with van der Waals surface area (Å²) in [7, 11) is 0. The van der Waals surface area contributed by atoms with Gasteiger partial charge in [0.25, 0.3) is 0 Å². The molecule has 2 aromatic rings. The molecule has 0 bridgehead atoms. The van der Waals surface area contributed by atoms with E-state index in [0.29, 0.717) is 10.0 Å². The summed E-state index contributed by atoms with van der Waals surface area (Å²) in [6.07, 6.45) is 1.05. The van der Waals surface area contributed by atoms with Crippen LogP contribution in [0.5, 0.6) is 0 Å². The fourth-order valence-corrected chi connectivity index (χ4v) is 2.81. The van der Waals surface area contributed by atoms with Gasteiger partial charge in [0.1, 0.15) is 0 Å². The molecule has 1 heterocycles. The molecule has 0 saturated heterocycles. The van der Waals surface area contributed by atoms with Crippen molar-refractivity contribution in [1.29, 1.82) is 0 Å². The van der Waals surface area contributed by atoms with Crippen molar-refractivity contribution in [2.45, 2.75) is 6.42 Å². The van der Waals surface area contributed by atoms with Crippen LogP contribution in [0.25, 0.3) is 11.1 Å². The zero-order valence-corrected chi connectivity index (χ0v) is 10.6. The minimum Gasteiger partial charge on any atom is -0.384 e. The predicted molar refractivity (Wildman–Crippen MR) is 74.1 cm³/mol. The summed E-state index contributed by atoms with van der Waals surface area (Å²) >= 11 is 12.2. The van der Waals surface area contributed by atoms with Crippen LogP contribution in [0.2, 0.25) is 10.0 Å². The molecule has 0 spiro atoms. The van der Waals surface area contributed by atoms with Crippen molar-refractivity contribution in [1.82, 2.24) is 0 Å². The van der Waals surface area contributed by atoms with Gasteiger partial charge < -0.3 is 5.32 Å². The normalized spacial score (nSPS) is 13.3. The van der Waals surface area contributed by atoms with Crippen LogP contribution < -0.4 is 5.32 Å². The van der Waals surface area contributed by atoms with Crippen molar-refractivity contribution in [2.75, 3.05) is 11.9 Å². The lowest BCUT2D eigenvalue weighted by Gasteiger charge is -2.10. The maximum Gasteiger partial charge on any atom is 0.0499 e. The lowest BCUT2D eigenvalue weighted by atomic mass is 9.98. The topological polar surface area (TPSA) is 12.0 Å².